The number of carbonyl (C=O) groups excluding carboxylic acids is 1. The van der Waals surface area contributed by atoms with Crippen LogP contribution in [0.5, 0.6) is 0 Å². The molecule has 1 unspecified atom stereocenters. The van der Waals surface area contributed by atoms with Crippen molar-refractivity contribution in [2.24, 2.45) is 0 Å². The normalized spacial score (nSPS) is 17.6. The molecule has 25 heavy (non-hydrogen) atoms. The van der Waals surface area contributed by atoms with Crippen LogP contribution in [0.3, 0.4) is 0 Å². The summed E-state index contributed by atoms with van der Waals surface area (Å²) in [6, 6.07) is 11.8. The molecule has 1 aliphatic rings. The summed E-state index contributed by atoms with van der Waals surface area (Å²) in [5, 5.41) is 11.2. The first-order chi connectivity index (χ1) is 12.0. The molecule has 132 valence electrons. The number of ether oxygens (including phenoxy) is 1. The Morgan fingerprint density at radius 1 is 1.28 bits per heavy atom. The molecule has 1 aromatic heterocycles. The fourth-order valence-corrected chi connectivity index (χ4v) is 2.77. The molecule has 2 heterocycles. The zero-order chi connectivity index (χ0) is 17.8. The molecule has 0 saturated carbocycles. The van der Waals surface area contributed by atoms with E-state index in [9.17, 15) is 4.79 Å². The van der Waals surface area contributed by atoms with E-state index in [0.717, 1.165) is 17.2 Å². The van der Waals surface area contributed by atoms with Gasteiger partial charge < -0.3 is 15.0 Å². The highest BCUT2D eigenvalue weighted by molar-refractivity contribution is 5.94. The molecule has 1 amide bonds. The van der Waals surface area contributed by atoms with E-state index in [1.54, 1.807) is 0 Å². The molecule has 1 fully saturated rings. The van der Waals surface area contributed by atoms with Crippen molar-refractivity contribution in [1.82, 2.24) is 10.2 Å². The number of anilines is 2. The predicted molar refractivity (Wildman–Crippen MR) is 97.9 cm³/mol. The van der Waals surface area contributed by atoms with Crippen molar-refractivity contribution in [2.45, 2.75) is 32.8 Å². The third kappa shape index (κ3) is 4.33. The SMILES string of the molecule is Cc1ccc(N2CCOC(C(=O)Nc3cccc(C(C)C)c3)C2)nn1. The third-order valence-corrected chi connectivity index (χ3v) is 4.29. The van der Waals surface area contributed by atoms with Gasteiger partial charge in [0.1, 0.15) is 0 Å². The smallest absolute Gasteiger partial charge is 0.255 e. The number of nitrogens with one attached hydrogen (secondary N) is 1. The molecule has 3 rings (SSSR count). The summed E-state index contributed by atoms with van der Waals surface area (Å²) in [5.41, 5.74) is 2.86. The second kappa shape index (κ2) is 7.61. The molecule has 1 aromatic carbocycles. The standard InChI is InChI=1S/C19H24N4O2/c1-13(2)15-5-4-6-16(11-15)20-19(24)17-12-23(9-10-25-17)18-8-7-14(3)21-22-18/h4-8,11,13,17H,9-10,12H2,1-3H3,(H,20,24). The Balaban J connectivity index is 1.65. The van der Waals surface area contributed by atoms with Gasteiger partial charge in [-0.15, -0.1) is 5.10 Å². The van der Waals surface area contributed by atoms with Gasteiger partial charge in [-0.05, 0) is 42.7 Å². The Hall–Kier alpha value is -2.47. The Kier molecular flexibility index (Phi) is 5.28. The minimum absolute atomic E-state index is 0.134. The lowest BCUT2D eigenvalue weighted by Gasteiger charge is -2.32. The second-order valence-electron chi connectivity index (χ2n) is 6.61. The maximum atomic E-state index is 12.6. The summed E-state index contributed by atoms with van der Waals surface area (Å²) < 4.78 is 5.66. The number of carbonyl (C=O) groups is 1. The molecule has 1 saturated heterocycles. The number of nitrogens with zero attached hydrogens (tertiary/aromatic N) is 3. The Labute approximate surface area is 148 Å². The van der Waals surface area contributed by atoms with Gasteiger partial charge in [-0.1, -0.05) is 26.0 Å². The van der Waals surface area contributed by atoms with E-state index in [-0.39, 0.29) is 5.91 Å². The summed E-state index contributed by atoms with van der Waals surface area (Å²) in [5.74, 6) is 1.05. The molecule has 2 aromatic rings. The van der Waals surface area contributed by atoms with Crippen molar-refractivity contribution < 1.29 is 9.53 Å². The summed E-state index contributed by atoms with van der Waals surface area (Å²) in [7, 11) is 0. The van der Waals surface area contributed by atoms with Crippen molar-refractivity contribution >= 4 is 17.4 Å². The minimum atomic E-state index is -0.528. The lowest BCUT2D eigenvalue weighted by atomic mass is 10.0. The maximum Gasteiger partial charge on any atom is 0.255 e. The van der Waals surface area contributed by atoms with E-state index in [1.807, 2.05) is 42.2 Å². The Bertz CT molecular complexity index is 730. The van der Waals surface area contributed by atoms with Crippen LogP contribution < -0.4 is 10.2 Å². The van der Waals surface area contributed by atoms with Crippen LogP contribution in [0.25, 0.3) is 0 Å². The number of rotatable bonds is 4. The molecule has 6 heteroatoms. The first-order valence-electron chi connectivity index (χ1n) is 8.60. The number of hydrogen-bond donors (Lipinski definition) is 1. The van der Waals surface area contributed by atoms with Crippen LogP contribution >= 0.6 is 0 Å². The lowest BCUT2D eigenvalue weighted by Crippen LogP contribution is -2.48. The van der Waals surface area contributed by atoms with E-state index in [0.29, 0.717) is 25.6 Å². The number of hydrogen-bond acceptors (Lipinski definition) is 5. The maximum absolute atomic E-state index is 12.6. The molecule has 0 radical (unpaired) electrons. The minimum Gasteiger partial charge on any atom is -0.365 e. The quantitative estimate of drug-likeness (QED) is 0.927. The van der Waals surface area contributed by atoms with Crippen molar-refractivity contribution in [3.05, 3.63) is 47.7 Å². The van der Waals surface area contributed by atoms with Crippen molar-refractivity contribution in [2.75, 3.05) is 29.9 Å². The fourth-order valence-electron chi connectivity index (χ4n) is 2.77. The summed E-state index contributed by atoms with van der Waals surface area (Å²) in [6.07, 6.45) is -0.528. The first-order valence-corrected chi connectivity index (χ1v) is 8.60. The summed E-state index contributed by atoms with van der Waals surface area (Å²) in [4.78, 5) is 14.6. The predicted octanol–water partition coefficient (Wildman–Crippen LogP) is 2.75. The largest absolute Gasteiger partial charge is 0.365 e. The van der Waals surface area contributed by atoms with Crippen molar-refractivity contribution in [3.8, 4) is 0 Å². The van der Waals surface area contributed by atoms with Gasteiger partial charge in [-0.2, -0.15) is 5.10 Å². The molecule has 6 nitrogen and oxygen atoms in total. The number of morpholine rings is 1. The fraction of sp³-hybridized carbons (Fsp3) is 0.421. The molecule has 1 N–H and O–H groups in total. The summed E-state index contributed by atoms with van der Waals surface area (Å²) in [6.45, 7) is 7.81. The number of amides is 1. The van der Waals surface area contributed by atoms with Crippen LogP contribution in [0.2, 0.25) is 0 Å². The van der Waals surface area contributed by atoms with Gasteiger partial charge in [-0.25, -0.2) is 0 Å². The molecular formula is C19H24N4O2. The number of aryl methyl sites for hydroxylation is 1. The van der Waals surface area contributed by atoms with Crippen LogP contribution in [0, 0.1) is 6.92 Å². The highest BCUT2D eigenvalue weighted by Gasteiger charge is 2.27. The highest BCUT2D eigenvalue weighted by atomic mass is 16.5. The monoisotopic (exact) mass is 340 g/mol. The van der Waals surface area contributed by atoms with Gasteiger partial charge in [-0.3, -0.25) is 4.79 Å². The Morgan fingerprint density at radius 3 is 2.84 bits per heavy atom. The third-order valence-electron chi connectivity index (χ3n) is 4.29. The molecular weight excluding hydrogens is 316 g/mol. The van der Waals surface area contributed by atoms with Crippen molar-refractivity contribution in [1.29, 1.82) is 0 Å². The van der Waals surface area contributed by atoms with Gasteiger partial charge in [0.2, 0.25) is 0 Å². The van der Waals surface area contributed by atoms with Gasteiger partial charge in [0, 0.05) is 12.2 Å². The topological polar surface area (TPSA) is 67.3 Å². The molecule has 0 bridgehead atoms. The zero-order valence-corrected chi connectivity index (χ0v) is 14.9. The molecule has 1 atom stereocenters. The van der Waals surface area contributed by atoms with Crippen LogP contribution in [0.15, 0.2) is 36.4 Å². The van der Waals surface area contributed by atoms with Gasteiger partial charge in [0.25, 0.3) is 5.91 Å². The molecule has 0 aliphatic carbocycles. The summed E-state index contributed by atoms with van der Waals surface area (Å²) >= 11 is 0. The van der Waals surface area contributed by atoms with E-state index in [1.165, 1.54) is 5.56 Å². The first kappa shape index (κ1) is 17.4. The molecule has 0 spiro atoms. The number of benzene rings is 1. The zero-order valence-electron chi connectivity index (χ0n) is 14.9. The molecule has 1 aliphatic heterocycles. The van der Waals surface area contributed by atoms with Gasteiger partial charge in [0.05, 0.1) is 18.8 Å². The Morgan fingerprint density at radius 2 is 2.12 bits per heavy atom. The van der Waals surface area contributed by atoms with Crippen LogP contribution in [-0.4, -0.2) is 41.9 Å². The van der Waals surface area contributed by atoms with Crippen molar-refractivity contribution in [3.63, 3.8) is 0 Å². The van der Waals surface area contributed by atoms with Gasteiger partial charge in [0.15, 0.2) is 11.9 Å². The van der Waals surface area contributed by atoms with E-state index >= 15 is 0 Å². The van der Waals surface area contributed by atoms with Gasteiger partial charge >= 0.3 is 0 Å². The average molecular weight is 340 g/mol. The van der Waals surface area contributed by atoms with E-state index in [4.69, 9.17) is 4.74 Å². The highest BCUT2D eigenvalue weighted by Crippen LogP contribution is 2.20. The van der Waals surface area contributed by atoms with Crippen LogP contribution in [0.1, 0.15) is 31.0 Å². The lowest BCUT2D eigenvalue weighted by molar-refractivity contribution is -0.128. The van der Waals surface area contributed by atoms with E-state index < -0.39 is 6.10 Å². The van der Waals surface area contributed by atoms with Crippen LogP contribution in [0.4, 0.5) is 11.5 Å². The second-order valence-corrected chi connectivity index (χ2v) is 6.61. The number of aromatic nitrogens is 2. The average Bonchev–Trinajstić information content (AvgIpc) is 2.62. The van der Waals surface area contributed by atoms with Crippen LogP contribution in [-0.2, 0) is 9.53 Å². The van der Waals surface area contributed by atoms with E-state index in [2.05, 4.69) is 35.4 Å².